The monoisotopic (exact) mass is 631 g/mol. The van der Waals surface area contributed by atoms with Crippen LogP contribution < -0.4 is 10.1 Å². The Morgan fingerprint density at radius 1 is 0.771 bits per heavy atom. The molecule has 1 aliphatic rings. The molecule has 4 aromatic carbocycles. The molecular formula is C41H33N3O4. The molecule has 2 heterocycles. The van der Waals surface area contributed by atoms with Crippen molar-refractivity contribution in [1.82, 2.24) is 15.3 Å². The average Bonchev–Trinajstić information content (AvgIpc) is 3.14. The van der Waals surface area contributed by atoms with Crippen LogP contribution >= 0.6 is 0 Å². The molecule has 236 valence electrons. The highest BCUT2D eigenvalue weighted by atomic mass is 16.5. The van der Waals surface area contributed by atoms with E-state index in [-0.39, 0.29) is 46.2 Å². The van der Waals surface area contributed by atoms with Gasteiger partial charge in [-0.15, -0.1) is 0 Å². The highest BCUT2D eigenvalue weighted by Gasteiger charge is 2.30. The highest BCUT2D eigenvalue weighted by Crippen LogP contribution is 2.40. The molecule has 0 aliphatic heterocycles. The molecule has 7 nitrogen and oxygen atoms in total. The summed E-state index contributed by atoms with van der Waals surface area (Å²) in [6.07, 6.45) is 9.72. The van der Waals surface area contributed by atoms with E-state index in [4.69, 9.17) is 9.72 Å². The summed E-state index contributed by atoms with van der Waals surface area (Å²) < 4.78 is 6.31. The molecule has 2 aromatic heterocycles. The van der Waals surface area contributed by atoms with Crippen molar-refractivity contribution in [2.75, 3.05) is 0 Å². The summed E-state index contributed by atoms with van der Waals surface area (Å²) in [7, 11) is 0. The number of aromatic hydroxyl groups is 1. The van der Waals surface area contributed by atoms with Crippen molar-refractivity contribution < 1.29 is 19.4 Å². The molecule has 0 bridgehead atoms. The van der Waals surface area contributed by atoms with Crippen LogP contribution in [0.4, 0.5) is 0 Å². The number of allylic oxidation sites excluding steroid dienone is 3. The third-order valence-electron chi connectivity index (χ3n) is 8.72. The van der Waals surface area contributed by atoms with Gasteiger partial charge in [-0.1, -0.05) is 128 Å². The number of aromatic nitrogens is 2. The predicted octanol–water partition coefficient (Wildman–Crippen LogP) is 8.68. The number of carbonyl (C=O) groups excluding carboxylic acids is 2. The molecule has 2 N–H and O–H groups in total. The second-order valence-electron chi connectivity index (χ2n) is 11.7. The van der Waals surface area contributed by atoms with Gasteiger partial charge in [0, 0.05) is 33.9 Å². The zero-order valence-electron chi connectivity index (χ0n) is 26.3. The van der Waals surface area contributed by atoms with Gasteiger partial charge in [-0.25, -0.2) is 14.8 Å². The maximum atomic E-state index is 14.5. The number of nitrogens with one attached hydrogen (secondary N) is 1. The SMILES string of the molecule is CC[C@H](NC(=O)c1c(OC(=O)c2c(O)c(-c3ccccc3)nc3ccccc23)c(-c2ccccc2)nc2ccccc12)C1C=CC=CC1. The van der Waals surface area contributed by atoms with E-state index in [0.717, 1.165) is 6.42 Å². The fourth-order valence-corrected chi connectivity index (χ4v) is 6.31. The molecule has 0 radical (unpaired) electrons. The van der Waals surface area contributed by atoms with Gasteiger partial charge in [0.05, 0.1) is 16.6 Å². The Morgan fingerprint density at radius 2 is 1.33 bits per heavy atom. The maximum Gasteiger partial charge on any atom is 0.348 e. The van der Waals surface area contributed by atoms with Crippen molar-refractivity contribution in [3.8, 4) is 34.0 Å². The quantitative estimate of drug-likeness (QED) is 0.163. The lowest BCUT2D eigenvalue weighted by molar-refractivity contribution is 0.0731. The second-order valence-corrected chi connectivity index (χ2v) is 11.7. The van der Waals surface area contributed by atoms with Gasteiger partial charge in [-0.2, -0.15) is 0 Å². The van der Waals surface area contributed by atoms with E-state index >= 15 is 0 Å². The lowest BCUT2D eigenvalue weighted by Gasteiger charge is -2.26. The normalized spacial score (nSPS) is 14.6. The number of amides is 1. The van der Waals surface area contributed by atoms with Gasteiger partial charge in [0.25, 0.3) is 5.91 Å². The van der Waals surface area contributed by atoms with E-state index in [1.807, 2.05) is 104 Å². The molecule has 48 heavy (non-hydrogen) atoms. The Kier molecular flexibility index (Phi) is 8.49. The van der Waals surface area contributed by atoms with Crippen LogP contribution in [0.5, 0.6) is 11.5 Å². The minimum atomic E-state index is -0.834. The maximum absolute atomic E-state index is 14.5. The number of nitrogens with zero attached hydrogens (tertiary/aromatic N) is 2. The van der Waals surface area contributed by atoms with Crippen LogP contribution in [0.15, 0.2) is 133 Å². The highest BCUT2D eigenvalue weighted by molar-refractivity contribution is 6.13. The van der Waals surface area contributed by atoms with Crippen LogP contribution in [-0.4, -0.2) is 33.0 Å². The number of rotatable bonds is 8. The number of hydrogen-bond donors (Lipinski definition) is 2. The summed E-state index contributed by atoms with van der Waals surface area (Å²) in [4.78, 5) is 38.6. The van der Waals surface area contributed by atoms with Crippen LogP contribution in [0.3, 0.4) is 0 Å². The zero-order valence-corrected chi connectivity index (χ0v) is 26.3. The van der Waals surface area contributed by atoms with E-state index in [1.165, 1.54) is 0 Å². The third-order valence-corrected chi connectivity index (χ3v) is 8.72. The van der Waals surface area contributed by atoms with Crippen molar-refractivity contribution >= 4 is 33.7 Å². The fourth-order valence-electron chi connectivity index (χ4n) is 6.31. The third kappa shape index (κ3) is 5.82. The summed E-state index contributed by atoms with van der Waals surface area (Å²) in [6, 6.07) is 32.8. The van der Waals surface area contributed by atoms with Crippen LogP contribution in [-0.2, 0) is 0 Å². The second kappa shape index (κ2) is 13.3. The van der Waals surface area contributed by atoms with Gasteiger partial charge in [0.15, 0.2) is 11.5 Å². The number of benzene rings is 4. The molecule has 0 fully saturated rings. The Hall–Kier alpha value is -6.08. The Labute approximate surface area is 278 Å². The summed E-state index contributed by atoms with van der Waals surface area (Å²) in [5, 5.41) is 15.9. The Bertz CT molecular complexity index is 2210. The predicted molar refractivity (Wildman–Crippen MR) is 189 cm³/mol. The number of esters is 1. The summed E-state index contributed by atoms with van der Waals surface area (Å²) in [5.74, 6) is -1.39. The summed E-state index contributed by atoms with van der Waals surface area (Å²) >= 11 is 0. The molecule has 0 saturated carbocycles. The van der Waals surface area contributed by atoms with Crippen LogP contribution in [0.25, 0.3) is 44.3 Å². The minimum Gasteiger partial charge on any atom is -0.505 e. The van der Waals surface area contributed by atoms with Gasteiger partial charge < -0.3 is 15.2 Å². The van der Waals surface area contributed by atoms with E-state index in [9.17, 15) is 14.7 Å². The first kappa shape index (κ1) is 30.6. The first-order valence-electron chi connectivity index (χ1n) is 16.0. The lowest BCUT2D eigenvalue weighted by Crippen LogP contribution is -2.40. The number of pyridine rings is 2. The van der Waals surface area contributed by atoms with Crippen molar-refractivity contribution in [3.63, 3.8) is 0 Å². The van der Waals surface area contributed by atoms with Crippen LogP contribution in [0, 0.1) is 5.92 Å². The molecular weight excluding hydrogens is 598 g/mol. The first-order valence-corrected chi connectivity index (χ1v) is 16.0. The number of ether oxygens (including phenoxy) is 1. The largest absolute Gasteiger partial charge is 0.505 e. The molecule has 7 rings (SSSR count). The molecule has 2 atom stereocenters. The standard InChI is InChI=1S/C41H33N3O4/c1-2-31(26-16-6-3-7-17-26)44-40(46)35-30-23-13-15-25-33(30)43-37(28-20-10-5-11-21-28)39(35)48-41(47)34-29-22-12-14-24-32(29)42-36(38(34)45)27-18-8-4-9-19-27/h3-16,18-26,31,45H,2,17H2,1H3,(H,44,46)/t26?,31-/m0/s1. The topological polar surface area (TPSA) is 101 Å². The Balaban J connectivity index is 1.41. The lowest BCUT2D eigenvalue weighted by atomic mass is 9.90. The van der Waals surface area contributed by atoms with Crippen molar-refractivity contribution in [2.24, 2.45) is 5.92 Å². The van der Waals surface area contributed by atoms with Gasteiger partial charge in [0.2, 0.25) is 0 Å². The van der Waals surface area contributed by atoms with E-state index < -0.39 is 5.97 Å². The number of carbonyl (C=O) groups is 2. The first-order chi connectivity index (χ1) is 23.5. The van der Waals surface area contributed by atoms with E-state index in [1.54, 1.807) is 24.3 Å². The number of para-hydroxylation sites is 2. The van der Waals surface area contributed by atoms with Crippen molar-refractivity contribution in [3.05, 3.63) is 145 Å². The summed E-state index contributed by atoms with van der Waals surface area (Å²) in [6.45, 7) is 2.04. The van der Waals surface area contributed by atoms with E-state index in [2.05, 4.69) is 22.5 Å². The van der Waals surface area contributed by atoms with Gasteiger partial charge in [-0.05, 0) is 25.0 Å². The molecule has 0 saturated heterocycles. The number of fused-ring (bicyclic) bond motifs is 2. The Morgan fingerprint density at radius 3 is 1.94 bits per heavy atom. The minimum absolute atomic E-state index is 0.0119. The fraction of sp³-hybridized carbons (Fsp3) is 0.122. The molecule has 6 aromatic rings. The molecule has 1 amide bonds. The van der Waals surface area contributed by atoms with Crippen LogP contribution in [0.2, 0.25) is 0 Å². The molecule has 1 aliphatic carbocycles. The smallest absolute Gasteiger partial charge is 0.348 e. The van der Waals surface area contributed by atoms with Gasteiger partial charge in [0.1, 0.15) is 17.0 Å². The average molecular weight is 632 g/mol. The molecule has 7 heteroatoms. The van der Waals surface area contributed by atoms with Crippen molar-refractivity contribution in [1.29, 1.82) is 0 Å². The molecule has 1 unspecified atom stereocenters. The van der Waals surface area contributed by atoms with Crippen LogP contribution in [0.1, 0.15) is 40.5 Å². The zero-order chi connectivity index (χ0) is 33.0. The number of hydrogen-bond acceptors (Lipinski definition) is 6. The molecule has 0 spiro atoms. The van der Waals surface area contributed by atoms with Crippen molar-refractivity contribution in [2.45, 2.75) is 25.8 Å². The van der Waals surface area contributed by atoms with Gasteiger partial charge in [-0.3, -0.25) is 4.79 Å². The van der Waals surface area contributed by atoms with Gasteiger partial charge >= 0.3 is 5.97 Å². The summed E-state index contributed by atoms with van der Waals surface area (Å²) in [5.41, 5.74) is 3.14. The van der Waals surface area contributed by atoms with E-state index in [0.29, 0.717) is 45.0 Å².